The van der Waals surface area contributed by atoms with Crippen LogP contribution in [0.5, 0.6) is 0 Å². The number of ether oxygens (including phenoxy) is 2. The highest BCUT2D eigenvalue weighted by atomic mass is 32.2. The van der Waals surface area contributed by atoms with Gasteiger partial charge in [0.05, 0.1) is 16.7 Å². The first kappa shape index (κ1) is 18.8. The van der Waals surface area contributed by atoms with Gasteiger partial charge in [-0.25, -0.2) is 12.8 Å². The number of methoxy groups -OCH3 is 1. The molecule has 0 amide bonds. The molecule has 1 unspecified atom stereocenters. The molecule has 0 aromatic heterocycles. The Bertz CT molecular complexity index is 868. The Balaban J connectivity index is 2.06. The summed E-state index contributed by atoms with van der Waals surface area (Å²) in [6.45, 7) is 2.27. The Labute approximate surface area is 153 Å². The second-order valence-corrected chi connectivity index (χ2v) is 8.16. The first-order valence-electron chi connectivity index (χ1n) is 8.43. The van der Waals surface area contributed by atoms with Crippen molar-refractivity contribution in [2.45, 2.75) is 30.8 Å². The van der Waals surface area contributed by atoms with Crippen LogP contribution in [0.4, 0.5) is 10.1 Å². The number of hydrogen-bond acceptors (Lipinski definition) is 4. The highest BCUT2D eigenvalue weighted by Gasteiger charge is 2.31. The molecule has 2 aromatic carbocycles. The van der Waals surface area contributed by atoms with Gasteiger partial charge in [0, 0.05) is 19.2 Å². The van der Waals surface area contributed by atoms with E-state index in [4.69, 9.17) is 9.47 Å². The molecule has 0 radical (unpaired) electrons. The number of sulfonamides is 1. The quantitative estimate of drug-likeness (QED) is 0.742. The molecular formula is C19H22FNO4S. The topological polar surface area (TPSA) is 55.8 Å². The van der Waals surface area contributed by atoms with Gasteiger partial charge in [-0.2, -0.15) is 0 Å². The molecule has 0 spiro atoms. The minimum atomic E-state index is -3.75. The van der Waals surface area contributed by atoms with E-state index in [9.17, 15) is 12.8 Å². The Morgan fingerprint density at radius 1 is 1.19 bits per heavy atom. The zero-order valence-corrected chi connectivity index (χ0v) is 15.6. The van der Waals surface area contributed by atoms with Crippen LogP contribution < -0.4 is 4.31 Å². The normalized spacial score (nSPS) is 17.7. The van der Waals surface area contributed by atoms with Gasteiger partial charge < -0.3 is 9.47 Å². The van der Waals surface area contributed by atoms with E-state index >= 15 is 0 Å². The number of fused-ring (bicyclic) bond motifs is 1. The van der Waals surface area contributed by atoms with Gasteiger partial charge in [-0.15, -0.1) is 0 Å². The lowest BCUT2D eigenvalue weighted by Gasteiger charge is -2.25. The van der Waals surface area contributed by atoms with E-state index in [1.807, 2.05) is 6.92 Å². The fourth-order valence-corrected chi connectivity index (χ4v) is 4.65. The lowest BCUT2D eigenvalue weighted by Crippen LogP contribution is -2.32. The highest BCUT2D eigenvalue weighted by molar-refractivity contribution is 7.92. The third kappa shape index (κ3) is 3.75. The summed E-state index contributed by atoms with van der Waals surface area (Å²) < 4.78 is 52.2. The van der Waals surface area contributed by atoms with Crippen molar-refractivity contribution in [1.29, 1.82) is 0 Å². The molecule has 0 saturated heterocycles. The van der Waals surface area contributed by atoms with Crippen LogP contribution in [0.3, 0.4) is 0 Å². The number of aryl methyl sites for hydroxylation is 1. The molecule has 0 bridgehead atoms. The molecule has 3 rings (SSSR count). The second kappa shape index (κ2) is 7.73. The average molecular weight is 379 g/mol. The molecule has 0 fully saturated rings. The second-order valence-electron chi connectivity index (χ2n) is 6.30. The first-order chi connectivity index (χ1) is 12.4. The maximum Gasteiger partial charge on any atom is 0.264 e. The predicted molar refractivity (Wildman–Crippen MR) is 97.0 cm³/mol. The smallest absolute Gasteiger partial charge is 0.264 e. The fraction of sp³-hybridized carbons (Fsp3) is 0.368. The minimum absolute atomic E-state index is 0.0608. The standard InChI is InChI=1S/C19H22FNO4S/c1-14-5-8-16(9-6-14)26(22,23)21-11-3-4-19(25-13-24-2)17-12-15(20)7-10-18(17)21/h5-10,12,19H,3-4,11,13H2,1-2H3. The molecule has 7 heteroatoms. The van der Waals surface area contributed by atoms with E-state index in [2.05, 4.69) is 0 Å². The Morgan fingerprint density at radius 3 is 2.62 bits per heavy atom. The summed E-state index contributed by atoms with van der Waals surface area (Å²) in [5, 5.41) is 0. The number of hydrogen-bond donors (Lipinski definition) is 0. The first-order valence-corrected chi connectivity index (χ1v) is 9.87. The number of benzene rings is 2. The van der Waals surface area contributed by atoms with Crippen molar-refractivity contribution in [2.24, 2.45) is 0 Å². The monoisotopic (exact) mass is 379 g/mol. The van der Waals surface area contributed by atoms with Crippen LogP contribution in [-0.4, -0.2) is 28.9 Å². The van der Waals surface area contributed by atoms with E-state index in [-0.39, 0.29) is 11.7 Å². The molecule has 1 heterocycles. The largest absolute Gasteiger partial charge is 0.359 e. The van der Waals surface area contributed by atoms with Crippen LogP contribution in [0.2, 0.25) is 0 Å². The van der Waals surface area contributed by atoms with Gasteiger partial charge in [-0.05, 0) is 50.1 Å². The van der Waals surface area contributed by atoms with Crippen molar-refractivity contribution in [3.63, 3.8) is 0 Å². The van der Waals surface area contributed by atoms with Crippen molar-refractivity contribution in [2.75, 3.05) is 24.8 Å². The van der Waals surface area contributed by atoms with Gasteiger partial charge in [0.1, 0.15) is 12.6 Å². The number of anilines is 1. The molecule has 0 N–H and O–H groups in total. The van der Waals surface area contributed by atoms with Crippen molar-refractivity contribution in [3.8, 4) is 0 Å². The maximum atomic E-state index is 13.9. The van der Waals surface area contributed by atoms with Crippen LogP contribution in [0, 0.1) is 12.7 Å². The molecule has 1 aliphatic rings. The number of nitrogens with zero attached hydrogens (tertiary/aromatic N) is 1. The van der Waals surface area contributed by atoms with E-state index in [1.165, 1.54) is 29.6 Å². The Kier molecular flexibility index (Phi) is 5.60. The molecule has 1 atom stereocenters. The third-order valence-electron chi connectivity index (χ3n) is 4.43. The Morgan fingerprint density at radius 2 is 1.92 bits per heavy atom. The molecule has 26 heavy (non-hydrogen) atoms. The Hall–Kier alpha value is -1.96. The van der Waals surface area contributed by atoms with Gasteiger partial charge >= 0.3 is 0 Å². The summed E-state index contributed by atoms with van der Waals surface area (Å²) in [6, 6.07) is 10.8. The number of halogens is 1. The summed E-state index contributed by atoms with van der Waals surface area (Å²) in [7, 11) is -2.24. The molecular weight excluding hydrogens is 357 g/mol. The van der Waals surface area contributed by atoms with Gasteiger partial charge in [0.2, 0.25) is 0 Å². The maximum absolute atomic E-state index is 13.9. The predicted octanol–water partition coefficient (Wildman–Crippen LogP) is 3.78. The van der Waals surface area contributed by atoms with Crippen LogP contribution in [0.25, 0.3) is 0 Å². The van der Waals surface area contributed by atoms with Crippen LogP contribution in [0.15, 0.2) is 47.4 Å². The summed E-state index contributed by atoms with van der Waals surface area (Å²) in [4.78, 5) is 0.217. The van der Waals surface area contributed by atoms with Gasteiger partial charge in [0.25, 0.3) is 10.0 Å². The lowest BCUT2D eigenvalue weighted by molar-refractivity contribution is -0.0754. The van der Waals surface area contributed by atoms with Crippen molar-refractivity contribution in [3.05, 3.63) is 59.4 Å². The molecule has 5 nitrogen and oxygen atoms in total. The zero-order chi connectivity index (χ0) is 18.7. The lowest BCUT2D eigenvalue weighted by atomic mass is 10.0. The van der Waals surface area contributed by atoms with E-state index in [0.29, 0.717) is 30.6 Å². The van der Waals surface area contributed by atoms with Gasteiger partial charge in [-0.1, -0.05) is 17.7 Å². The van der Waals surface area contributed by atoms with E-state index < -0.39 is 21.9 Å². The molecule has 0 saturated carbocycles. The average Bonchev–Trinajstić information content (AvgIpc) is 2.80. The van der Waals surface area contributed by atoms with Crippen LogP contribution >= 0.6 is 0 Å². The summed E-state index contributed by atoms with van der Waals surface area (Å²) in [6.07, 6.45) is 0.758. The molecule has 140 valence electrons. The van der Waals surface area contributed by atoms with Crippen molar-refractivity contribution < 1.29 is 22.3 Å². The molecule has 2 aromatic rings. The van der Waals surface area contributed by atoms with Crippen LogP contribution in [-0.2, 0) is 19.5 Å². The highest BCUT2D eigenvalue weighted by Crippen LogP contribution is 2.38. The van der Waals surface area contributed by atoms with E-state index in [1.54, 1.807) is 24.3 Å². The summed E-state index contributed by atoms with van der Waals surface area (Å²) in [5.74, 6) is -0.427. The van der Waals surface area contributed by atoms with Gasteiger partial charge in [-0.3, -0.25) is 4.31 Å². The van der Waals surface area contributed by atoms with Crippen molar-refractivity contribution in [1.82, 2.24) is 0 Å². The fourth-order valence-electron chi connectivity index (χ4n) is 3.12. The van der Waals surface area contributed by atoms with E-state index in [0.717, 1.165) is 5.56 Å². The SMILES string of the molecule is COCOC1CCCN(S(=O)(=O)c2ccc(C)cc2)c2ccc(F)cc21. The summed E-state index contributed by atoms with van der Waals surface area (Å²) >= 11 is 0. The number of rotatable bonds is 5. The minimum Gasteiger partial charge on any atom is -0.359 e. The molecule has 1 aliphatic heterocycles. The zero-order valence-electron chi connectivity index (χ0n) is 14.8. The van der Waals surface area contributed by atoms with Crippen molar-refractivity contribution >= 4 is 15.7 Å². The van der Waals surface area contributed by atoms with Crippen LogP contribution in [0.1, 0.15) is 30.1 Å². The van der Waals surface area contributed by atoms with Gasteiger partial charge in [0.15, 0.2) is 0 Å². The third-order valence-corrected chi connectivity index (χ3v) is 6.26. The summed E-state index contributed by atoms with van der Waals surface area (Å²) in [5.41, 5.74) is 1.95. The molecule has 0 aliphatic carbocycles.